The van der Waals surface area contributed by atoms with Crippen molar-refractivity contribution in [2.45, 2.75) is 60.0 Å². The van der Waals surface area contributed by atoms with Crippen LogP contribution in [0.1, 0.15) is 51.8 Å². The van der Waals surface area contributed by atoms with Crippen LogP contribution >= 0.6 is 0 Å². The molecule has 0 radical (unpaired) electrons. The fourth-order valence-corrected chi connectivity index (χ4v) is 3.44. The van der Waals surface area contributed by atoms with Crippen molar-refractivity contribution in [3.8, 4) is 5.75 Å². The molecule has 2 aromatic rings. The molecule has 3 rings (SSSR count). The predicted molar refractivity (Wildman–Crippen MR) is 102 cm³/mol. The van der Waals surface area contributed by atoms with Gasteiger partial charge in [-0.1, -0.05) is 19.9 Å². The molecule has 1 amide bonds. The van der Waals surface area contributed by atoms with Crippen LogP contribution in [0.15, 0.2) is 18.2 Å². The molecule has 0 atom stereocenters. The fraction of sp³-hybridized carbons (Fsp3) is 0.550. The third kappa shape index (κ3) is 4.46. The van der Waals surface area contributed by atoms with Gasteiger partial charge in [-0.2, -0.15) is 0 Å². The van der Waals surface area contributed by atoms with Crippen molar-refractivity contribution in [3.63, 3.8) is 0 Å². The Hall–Kier alpha value is -2.44. The van der Waals surface area contributed by atoms with Crippen molar-refractivity contribution in [1.82, 2.24) is 19.7 Å². The molecule has 0 fully saturated rings. The quantitative estimate of drug-likeness (QED) is 0.820. The van der Waals surface area contributed by atoms with E-state index in [-0.39, 0.29) is 17.9 Å². The third-order valence-electron chi connectivity index (χ3n) is 4.44. The summed E-state index contributed by atoms with van der Waals surface area (Å²) < 4.78 is 21.6. The summed E-state index contributed by atoms with van der Waals surface area (Å²) in [7, 11) is 0. The number of carbonyl (C=O) groups is 1. The van der Waals surface area contributed by atoms with Crippen molar-refractivity contribution in [1.29, 1.82) is 0 Å². The Morgan fingerprint density at radius 3 is 2.63 bits per heavy atom. The molecule has 0 N–H and O–H groups in total. The van der Waals surface area contributed by atoms with E-state index >= 15 is 0 Å². The number of hydrogen-bond acceptors (Lipinski definition) is 4. The van der Waals surface area contributed by atoms with E-state index in [1.54, 1.807) is 17.0 Å². The maximum absolute atomic E-state index is 14.2. The summed E-state index contributed by atoms with van der Waals surface area (Å²) in [5.41, 5.74) is 0.0725. The summed E-state index contributed by atoms with van der Waals surface area (Å²) in [4.78, 5) is 14.4. The van der Waals surface area contributed by atoms with Gasteiger partial charge in [0.15, 0.2) is 5.82 Å². The summed E-state index contributed by atoms with van der Waals surface area (Å²) >= 11 is 0. The van der Waals surface area contributed by atoms with E-state index in [1.807, 2.05) is 41.5 Å². The van der Waals surface area contributed by atoms with Crippen LogP contribution in [0.25, 0.3) is 0 Å². The SMILES string of the molecule is CC.CCOc1ccc(CC(=O)N2Cc3nnc(C)n3C(C)(C)C2)c(F)c1. The lowest BCUT2D eigenvalue weighted by atomic mass is 10.00. The Balaban J connectivity index is 0.00000126. The molecule has 6 nitrogen and oxygen atoms in total. The van der Waals surface area contributed by atoms with Crippen LogP contribution in [-0.4, -0.2) is 38.7 Å². The highest BCUT2D eigenvalue weighted by Gasteiger charge is 2.35. The minimum atomic E-state index is -0.422. The highest BCUT2D eigenvalue weighted by molar-refractivity contribution is 5.79. The summed E-state index contributed by atoms with van der Waals surface area (Å²) in [6.07, 6.45) is 0.0153. The van der Waals surface area contributed by atoms with Gasteiger partial charge < -0.3 is 14.2 Å². The molecule has 148 valence electrons. The largest absolute Gasteiger partial charge is 0.494 e. The fourth-order valence-electron chi connectivity index (χ4n) is 3.44. The van der Waals surface area contributed by atoms with Gasteiger partial charge in [0.05, 0.1) is 25.1 Å². The van der Waals surface area contributed by atoms with E-state index in [9.17, 15) is 9.18 Å². The standard InChI is InChI=1S/C18H23FN4O2.C2H6/c1-5-25-14-7-6-13(15(19)9-14)8-17(24)22-10-16-21-20-12(2)23(16)18(3,4)11-22;1-2/h6-7,9H,5,8,10-11H2,1-4H3;1-2H3. The average Bonchev–Trinajstić information content (AvgIpc) is 3.00. The summed E-state index contributed by atoms with van der Waals surface area (Å²) in [5, 5.41) is 8.28. The lowest BCUT2D eigenvalue weighted by Gasteiger charge is -2.39. The smallest absolute Gasteiger partial charge is 0.227 e. The molecular formula is C20H29FN4O2. The van der Waals surface area contributed by atoms with Gasteiger partial charge >= 0.3 is 0 Å². The van der Waals surface area contributed by atoms with Gasteiger partial charge in [-0.05, 0) is 39.3 Å². The zero-order valence-electron chi connectivity index (χ0n) is 17.0. The van der Waals surface area contributed by atoms with Gasteiger partial charge in [0, 0.05) is 12.6 Å². The third-order valence-corrected chi connectivity index (χ3v) is 4.44. The predicted octanol–water partition coefficient (Wildman–Crippen LogP) is 3.47. The minimum Gasteiger partial charge on any atom is -0.494 e. The van der Waals surface area contributed by atoms with Crippen molar-refractivity contribution < 1.29 is 13.9 Å². The highest BCUT2D eigenvalue weighted by atomic mass is 19.1. The second kappa shape index (κ2) is 8.50. The molecule has 0 saturated heterocycles. The molecule has 0 bridgehead atoms. The number of hydrogen-bond donors (Lipinski definition) is 0. The normalized spacial score (nSPS) is 14.9. The molecule has 27 heavy (non-hydrogen) atoms. The molecule has 2 heterocycles. The molecule has 0 saturated carbocycles. The van der Waals surface area contributed by atoms with Crippen LogP contribution in [0, 0.1) is 12.7 Å². The maximum atomic E-state index is 14.2. The lowest BCUT2D eigenvalue weighted by molar-refractivity contribution is -0.133. The zero-order valence-corrected chi connectivity index (χ0v) is 17.0. The number of halogens is 1. The number of benzene rings is 1. The van der Waals surface area contributed by atoms with Crippen LogP contribution in [0.3, 0.4) is 0 Å². The minimum absolute atomic E-state index is 0.0153. The number of aromatic nitrogens is 3. The van der Waals surface area contributed by atoms with Gasteiger partial charge in [-0.15, -0.1) is 10.2 Å². The van der Waals surface area contributed by atoms with Crippen LogP contribution in [0.2, 0.25) is 0 Å². The first-order chi connectivity index (χ1) is 12.8. The Morgan fingerprint density at radius 1 is 1.30 bits per heavy atom. The number of amides is 1. The molecule has 1 aliphatic rings. The first-order valence-electron chi connectivity index (χ1n) is 9.42. The molecule has 0 aliphatic carbocycles. The van der Waals surface area contributed by atoms with E-state index in [1.165, 1.54) is 6.07 Å². The molecule has 0 spiro atoms. The topological polar surface area (TPSA) is 60.2 Å². The van der Waals surface area contributed by atoms with Crippen molar-refractivity contribution in [3.05, 3.63) is 41.2 Å². The van der Waals surface area contributed by atoms with Gasteiger partial charge in [-0.25, -0.2) is 4.39 Å². The van der Waals surface area contributed by atoms with E-state index in [4.69, 9.17) is 4.74 Å². The van der Waals surface area contributed by atoms with E-state index in [2.05, 4.69) is 14.8 Å². The van der Waals surface area contributed by atoms with Gasteiger partial charge in [0.1, 0.15) is 17.4 Å². The number of carbonyl (C=O) groups excluding carboxylic acids is 1. The van der Waals surface area contributed by atoms with Gasteiger partial charge in [0.25, 0.3) is 0 Å². The van der Waals surface area contributed by atoms with E-state index in [0.29, 0.717) is 31.0 Å². The Morgan fingerprint density at radius 2 is 2.00 bits per heavy atom. The Labute approximate surface area is 160 Å². The number of ether oxygens (including phenoxy) is 1. The Kier molecular flexibility index (Phi) is 6.57. The second-order valence-electron chi connectivity index (χ2n) is 6.92. The molecule has 1 aromatic carbocycles. The summed E-state index contributed by atoms with van der Waals surface area (Å²) in [6, 6.07) is 4.63. The summed E-state index contributed by atoms with van der Waals surface area (Å²) in [6.45, 7) is 13.2. The van der Waals surface area contributed by atoms with Crippen molar-refractivity contribution >= 4 is 5.91 Å². The molecule has 7 heteroatoms. The maximum Gasteiger partial charge on any atom is 0.227 e. The molecular weight excluding hydrogens is 347 g/mol. The lowest BCUT2D eigenvalue weighted by Crippen LogP contribution is -2.49. The molecule has 0 unspecified atom stereocenters. The first-order valence-corrected chi connectivity index (χ1v) is 9.42. The summed E-state index contributed by atoms with van der Waals surface area (Å²) in [5.74, 6) is 1.52. The van der Waals surface area contributed by atoms with E-state index in [0.717, 1.165) is 11.6 Å². The molecule has 1 aromatic heterocycles. The Bertz CT molecular complexity index is 801. The average molecular weight is 376 g/mol. The highest BCUT2D eigenvalue weighted by Crippen LogP contribution is 2.27. The number of fused-ring (bicyclic) bond motifs is 1. The van der Waals surface area contributed by atoms with Crippen LogP contribution < -0.4 is 4.74 Å². The van der Waals surface area contributed by atoms with Crippen LogP contribution in [0.5, 0.6) is 5.75 Å². The van der Waals surface area contributed by atoms with Crippen LogP contribution in [-0.2, 0) is 23.3 Å². The first kappa shape index (κ1) is 20.9. The van der Waals surface area contributed by atoms with Gasteiger partial charge in [-0.3, -0.25) is 4.79 Å². The monoisotopic (exact) mass is 376 g/mol. The second-order valence-corrected chi connectivity index (χ2v) is 6.92. The molecule has 1 aliphatic heterocycles. The number of aryl methyl sites for hydroxylation is 1. The number of nitrogens with zero attached hydrogens (tertiary/aromatic N) is 4. The number of rotatable bonds is 4. The zero-order chi connectivity index (χ0) is 20.2. The van der Waals surface area contributed by atoms with Crippen molar-refractivity contribution in [2.24, 2.45) is 0 Å². The van der Waals surface area contributed by atoms with Crippen LogP contribution in [0.4, 0.5) is 4.39 Å². The van der Waals surface area contributed by atoms with Gasteiger partial charge in [0.2, 0.25) is 5.91 Å². The van der Waals surface area contributed by atoms with E-state index < -0.39 is 5.82 Å². The van der Waals surface area contributed by atoms with Crippen molar-refractivity contribution in [2.75, 3.05) is 13.2 Å².